The molecule has 6 nitrogen and oxygen atoms in total. The molecule has 0 radical (unpaired) electrons. The van der Waals surface area contributed by atoms with Gasteiger partial charge < -0.3 is 10.3 Å². The van der Waals surface area contributed by atoms with Crippen LogP contribution in [-0.2, 0) is 10.0 Å². The van der Waals surface area contributed by atoms with Crippen LogP contribution in [0.25, 0.3) is 0 Å². The van der Waals surface area contributed by atoms with E-state index in [4.69, 9.17) is 0 Å². The number of aryl methyl sites for hydroxylation is 1. The van der Waals surface area contributed by atoms with Gasteiger partial charge >= 0.3 is 0 Å². The van der Waals surface area contributed by atoms with Crippen molar-refractivity contribution in [3.8, 4) is 0 Å². The SMILES string of the molecule is Cc1ncc(S(=O)(=O)NCC2CCNCC2C)[nH]1. The van der Waals surface area contributed by atoms with Gasteiger partial charge in [0.2, 0.25) is 0 Å². The third kappa shape index (κ3) is 3.09. The van der Waals surface area contributed by atoms with Gasteiger partial charge in [-0.15, -0.1) is 0 Å². The van der Waals surface area contributed by atoms with E-state index in [2.05, 4.69) is 26.9 Å². The van der Waals surface area contributed by atoms with Crippen LogP contribution in [0, 0.1) is 18.8 Å². The van der Waals surface area contributed by atoms with E-state index in [1.165, 1.54) is 6.20 Å². The lowest BCUT2D eigenvalue weighted by atomic mass is 9.88. The summed E-state index contributed by atoms with van der Waals surface area (Å²) in [6.07, 6.45) is 2.36. The van der Waals surface area contributed by atoms with Gasteiger partial charge in [-0.05, 0) is 38.3 Å². The van der Waals surface area contributed by atoms with E-state index in [1.807, 2.05) is 0 Å². The van der Waals surface area contributed by atoms with Gasteiger partial charge in [0.1, 0.15) is 5.82 Å². The van der Waals surface area contributed by atoms with E-state index in [9.17, 15) is 8.42 Å². The average Bonchev–Trinajstić information content (AvgIpc) is 2.76. The minimum Gasteiger partial charge on any atom is -0.332 e. The van der Waals surface area contributed by atoms with Crippen LogP contribution >= 0.6 is 0 Å². The monoisotopic (exact) mass is 272 g/mol. The smallest absolute Gasteiger partial charge is 0.257 e. The molecule has 0 aromatic carbocycles. The van der Waals surface area contributed by atoms with Crippen LogP contribution in [0.2, 0.25) is 0 Å². The lowest BCUT2D eigenvalue weighted by molar-refractivity contribution is 0.274. The summed E-state index contributed by atoms with van der Waals surface area (Å²) >= 11 is 0. The Bertz CT molecular complexity index is 497. The van der Waals surface area contributed by atoms with Crippen molar-refractivity contribution in [3.05, 3.63) is 12.0 Å². The molecule has 2 heterocycles. The number of piperidine rings is 1. The molecule has 2 atom stereocenters. The van der Waals surface area contributed by atoms with Crippen molar-refractivity contribution >= 4 is 10.0 Å². The maximum absolute atomic E-state index is 12.0. The van der Waals surface area contributed by atoms with Crippen LogP contribution in [0.1, 0.15) is 19.2 Å². The number of imidazole rings is 1. The van der Waals surface area contributed by atoms with Crippen LogP contribution in [0.4, 0.5) is 0 Å². The van der Waals surface area contributed by atoms with Crippen molar-refractivity contribution in [1.82, 2.24) is 20.0 Å². The maximum atomic E-state index is 12.0. The summed E-state index contributed by atoms with van der Waals surface area (Å²) in [6, 6.07) is 0. The van der Waals surface area contributed by atoms with Crippen LogP contribution in [0.5, 0.6) is 0 Å². The number of aromatic nitrogens is 2. The fraction of sp³-hybridized carbons (Fsp3) is 0.727. The molecule has 1 aromatic rings. The lowest BCUT2D eigenvalue weighted by Gasteiger charge is -2.29. The summed E-state index contributed by atoms with van der Waals surface area (Å²) in [5.41, 5.74) is 0. The van der Waals surface area contributed by atoms with Crippen molar-refractivity contribution in [3.63, 3.8) is 0 Å². The van der Waals surface area contributed by atoms with Gasteiger partial charge in [0, 0.05) is 6.54 Å². The highest BCUT2D eigenvalue weighted by molar-refractivity contribution is 7.89. The van der Waals surface area contributed by atoms with E-state index in [1.54, 1.807) is 6.92 Å². The minimum atomic E-state index is -3.45. The summed E-state index contributed by atoms with van der Waals surface area (Å²) in [5.74, 6) is 1.49. The van der Waals surface area contributed by atoms with Gasteiger partial charge in [-0.3, -0.25) is 0 Å². The van der Waals surface area contributed by atoms with E-state index in [0.29, 0.717) is 24.2 Å². The maximum Gasteiger partial charge on any atom is 0.257 e. The lowest BCUT2D eigenvalue weighted by Crippen LogP contribution is -2.41. The number of H-pyrrole nitrogens is 1. The third-order valence-electron chi connectivity index (χ3n) is 3.47. The van der Waals surface area contributed by atoms with Crippen LogP contribution in [0.3, 0.4) is 0 Å². The van der Waals surface area contributed by atoms with Gasteiger partial charge in [0.15, 0.2) is 5.03 Å². The highest BCUT2D eigenvalue weighted by Gasteiger charge is 2.24. The van der Waals surface area contributed by atoms with E-state index in [0.717, 1.165) is 19.5 Å². The Morgan fingerprint density at radius 1 is 1.56 bits per heavy atom. The molecule has 0 bridgehead atoms. The van der Waals surface area contributed by atoms with Crippen molar-refractivity contribution < 1.29 is 8.42 Å². The Kier molecular flexibility index (Phi) is 4.04. The molecule has 2 unspecified atom stereocenters. The zero-order valence-corrected chi connectivity index (χ0v) is 11.5. The molecule has 1 fully saturated rings. The highest BCUT2D eigenvalue weighted by Crippen LogP contribution is 2.18. The second-order valence-corrected chi connectivity index (χ2v) is 6.65. The Morgan fingerprint density at radius 3 is 2.94 bits per heavy atom. The number of nitrogens with one attached hydrogen (secondary N) is 3. The number of hydrogen-bond donors (Lipinski definition) is 3. The van der Waals surface area contributed by atoms with E-state index >= 15 is 0 Å². The van der Waals surface area contributed by atoms with Crippen LogP contribution in [-0.4, -0.2) is 38.0 Å². The summed E-state index contributed by atoms with van der Waals surface area (Å²) in [6.45, 7) is 6.28. The first-order valence-corrected chi connectivity index (χ1v) is 7.69. The first kappa shape index (κ1) is 13.5. The summed E-state index contributed by atoms with van der Waals surface area (Å²) < 4.78 is 26.7. The topological polar surface area (TPSA) is 86.9 Å². The largest absolute Gasteiger partial charge is 0.332 e. The summed E-state index contributed by atoms with van der Waals surface area (Å²) in [7, 11) is -3.45. The highest BCUT2D eigenvalue weighted by atomic mass is 32.2. The summed E-state index contributed by atoms with van der Waals surface area (Å²) in [5, 5.41) is 3.44. The first-order valence-electron chi connectivity index (χ1n) is 6.21. The standard InChI is InChI=1S/C11H20N4O2S/c1-8-5-12-4-3-10(8)6-14-18(16,17)11-7-13-9(2)15-11/h7-8,10,12,14H,3-6H2,1-2H3,(H,13,15). The average molecular weight is 272 g/mol. The Labute approximate surface area is 108 Å². The Hall–Kier alpha value is -0.920. The van der Waals surface area contributed by atoms with Crippen LogP contribution < -0.4 is 10.0 Å². The zero-order valence-electron chi connectivity index (χ0n) is 10.7. The molecule has 0 saturated carbocycles. The number of aromatic amines is 1. The van der Waals surface area contributed by atoms with Gasteiger partial charge in [0.05, 0.1) is 6.20 Å². The third-order valence-corrected chi connectivity index (χ3v) is 4.80. The molecule has 1 saturated heterocycles. The van der Waals surface area contributed by atoms with E-state index < -0.39 is 10.0 Å². The molecule has 1 aromatic heterocycles. The molecular formula is C11H20N4O2S. The fourth-order valence-corrected chi connectivity index (χ4v) is 3.26. The minimum absolute atomic E-state index is 0.140. The molecular weight excluding hydrogens is 252 g/mol. The number of sulfonamides is 1. The molecule has 1 aliphatic heterocycles. The van der Waals surface area contributed by atoms with Gasteiger partial charge in [-0.1, -0.05) is 6.92 Å². The second-order valence-electron chi connectivity index (χ2n) is 4.91. The molecule has 7 heteroatoms. The molecule has 3 N–H and O–H groups in total. The second kappa shape index (κ2) is 5.38. The quantitative estimate of drug-likeness (QED) is 0.733. The van der Waals surface area contributed by atoms with Gasteiger partial charge in [-0.2, -0.15) is 0 Å². The molecule has 0 aliphatic carbocycles. The van der Waals surface area contributed by atoms with Crippen LogP contribution in [0.15, 0.2) is 11.2 Å². The van der Waals surface area contributed by atoms with E-state index in [-0.39, 0.29) is 5.03 Å². The fourth-order valence-electron chi connectivity index (χ4n) is 2.20. The Morgan fingerprint density at radius 2 is 2.33 bits per heavy atom. The zero-order chi connectivity index (χ0) is 13.2. The summed E-state index contributed by atoms with van der Waals surface area (Å²) in [4.78, 5) is 6.65. The molecule has 0 spiro atoms. The number of nitrogens with zero attached hydrogens (tertiary/aromatic N) is 1. The Balaban J connectivity index is 1.96. The predicted octanol–water partition coefficient (Wildman–Crippen LogP) is 0.242. The van der Waals surface area contributed by atoms with Crippen molar-refractivity contribution in [1.29, 1.82) is 0 Å². The number of hydrogen-bond acceptors (Lipinski definition) is 4. The van der Waals surface area contributed by atoms with Crippen molar-refractivity contribution in [2.75, 3.05) is 19.6 Å². The molecule has 1 aliphatic rings. The molecule has 18 heavy (non-hydrogen) atoms. The van der Waals surface area contributed by atoms with Crippen molar-refractivity contribution in [2.45, 2.75) is 25.3 Å². The number of rotatable bonds is 4. The predicted molar refractivity (Wildman–Crippen MR) is 68.7 cm³/mol. The van der Waals surface area contributed by atoms with Crippen molar-refractivity contribution in [2.24, 2.45) is 11.8 Å². The van der Waals surface area contributed by atoms with Gasteiger partial charge in [0.25, 0.3) is 10.0 Å². The van der Waals surface area contributed by atoms with Gasteiger partial charge in [-0.25, -0.2) is 18.1 Å². The molecule has 2 rings (SSSR count). The normalized spacial score (nSPS) is 25.2. The molecule has 102 valence electrons. The first-order chi connectivity index (χ1) is 8.49. The molecule has 0 amide bonds.